The van der Waals surface area contributed by atoms with E-state index in [0.717, 1.165) is 34.8 Å². The molecule has 1 aliphatic carbocycles. The molecule has 1 atom stereocenters. The summed E-state index contributed by atoms with van der Waals surface area (Å²) in [6, 6.07) is 18.0. The Morgan fingerprint density at radius 3 is 2.20 bits per heavy atom. The van der Waals surface area contributed by atoms with Crippen LogP contribution < -0.4 is 15.6 Å². The van der Waals surface area contributed by atoms with Gasteiger partial charge >= 0.3 is 0 Å². The zero-order chi connectivity index (χ0) is 32.6. The Labute approximate surface area is 265 Å². The first-order valence-corrected chi connectivity index (χ1v) is 15.7. The largest absolute Gasteiger partial charge is 0.345 e. The topological polar surface area (TPSA) is 25.2 Å². The zero-order valence-corrected chi connectivity index (χ0v) is 28.3. The Bertz CT molecular complexity index is 1750. The number of hydrogen-bond acceptors (Lipinski definition) is 2. The lowest BCUT2D eigenvalue weighted by Crippen LogP contribution is -2.31. The van der Waals surface area contributed by atoms with Gasteiger partial charge in [-0.25, -0.2) is 0 Å². The summed E-state index contributed by atoms with van der Waals surface area (Å²) in [5.41, 5.74) is 10.5. The highest BCUT2D eigenvalue weighted by Gasteiger charge is 2.33. The van der Waals surface area contributed by atoms with E-state index in [2.05, 4.69) is 133 Å². The number of aromatic nitrogens is 1. The summed E-state index contributed by atoms with van der Waals surface area (Å²) in [7, 11) is 2.02. The summed E-state index contributed by atoms with van der Waals surface area (Å²) in [6.45, 7) is 30.9. The molecule has 1 aliphatic rings. The first-order valence-electron chi connectivity index (χ1n) is 15.7. The quantitative estimate of drug-likeness (QED) is 0.135. The molecule has 4 rings (SSSR count). The fourth-order valence-corrected chi connectivity index (χ4v) is 6.62. The lowest BCUT2D eigenvalue weighted by molar-refractivity contribution is -0.104. The summed E-state index contributed by atoms with van der Waals surface area (Å²) >= 11 is 0. The molecule has 1 heterocycles. The lowest BCUT2D eigenvalue weighted by atomic mass is 9.68. The third kappa shape index (κ3) is 6.11. The van der Waals surface area contributed by atoms with Crippen LogP contribution in [0.15, 0.2) is 90.7 Å². The molecular weight excluding hydrogens is 536 g/mol. The number of nitrogens with zero attached hydrogens (tertiary/aromatic N) is 2. The third-order valence-corrected chi connectivity index (χ3v) is 9.77. The molecular formula is C41H50N2O. The number of anilines is 1. The van der Waals surface area contributed by atoms with Crippen LogP contribution in [-0.4, -0.2) is 17.9 Å². The summed E-state index contributed by atoms with van der Waals surface area (Å²) in [5.74, 6) is 0.688. The summed E-state index contributed by atoms with van der Waals surface area (Å²) in [6.07, 6.45) is 9.81. The van der Waals surface area contributed by atoms with Crippen molar-refractivity contribution in [3.8, 4) is 0 Å². The molecule has 3 aromatic rings. The third-order valence-electron chi connectivity index (χ3n) is 9.77. The van der Waals surface area contributed by atoms with Crippen molar-refractivity contribution in [1.29, 1.82) is 0 Å². The van der Waals surface area contributed by atoms with Gasteiger partial charge in [0, 0.05) is 40.2 Å². The highest BCUT2D eigenvalue weighted by atomic mass is 16.1. The Morgan fingerprint density at radius 1 is 0.977 bits per heavy atom. The van der Waals surface area contributed by atoms with E-state index in [1.807, 2.05) is 19.2 Å². The molecule has 0 fully saturated rings. The van der Waals surface area contributed by atoms with Gasteiger partial charge in [0.15, 0.2) is 0 Å². The number of carbonyl (C=O) groups excluding carboxylic acids is 1. The average Bonchev–Trinajstić information content (AvgIpc) is 3.32. The van der Waals surface area contributed by atoms with Crippen molar-refractivity contribution in [2.45, 2.75) is 78.6 Å². The van der Waals surface area contributed by atoms with Crippen LogP contribution >= 0.6 is 0 Å². The first kappa shape index (κ1) is 32.8. The van der Waals surface area contributed by atoms with Gasteiger partial charge in [0.05, 0.1) is 0 Å². The maximum atomic E-state index is 10.9. The molecule has 0 saturated heterocycles. The number of carbonyl (C=O) groups is 1. The molecule has 1 unspecified atom stereocenters. The molecule has 0 saturated carbocycles. The second-order valence-electron chi connectivity index (χ2n) is 13.8. The Morgan fingerprint density at radius 2 is 1.61 bits per heavy atom. The number of aryl methyl sites for hydroxylation is 1. The number of rotatable bonds is 10. The number of likely N-dealkylation sites (N-methyl/N-ethyl adjacent to an activating group) is 1. The van der Waals surface area contributed by atoms with Gasteiger partial charge in [0.1, 0.15) is 6.29 Å². The number of allylic oxidation sites excluding steroid dienone is 6. The van der Waals surface area contributed by atoms with E-state index >= 15 is 0 Å². The highest BCUT2D eigenvalue weighted by Crippen LogP contribution is 2.43. The van der Waals surface area contributed by atoms with Crippen LogP contribution in [0.1, 0.15) is 88.6 Å². The van der Waals surface area contributed by atoms with E-state index in [9.17, 15) is 4.79 Å². The van der Waals surface area contributed by atoms with Gasteiger partial charge in [-0.05, 0) is 95.2 Å². The molecule has 0 radical (unpaired) electrons. The van der Waals surface area contributed by atoms with Gasteiger partial charge < -0.3 is 9.47 Å². The van der Waals surface area contributed by atoms with Crippen LogP contribution in [0.5, 0.6) is 0 Å². The van der Waals surface area contributed by atoms with E-state index in [1.54, 1.807) is 6.08 Å². The molecule has 3 heteroatoms. The van der Waals surface area contributed by atoms with Crippen molar-refractivity contribution in [3.05, 3.63) is 129 Å². The predicted molar refractivity (Wildman–Crippen MR) is 190 cm³/mol. The Balaban J connectivity index is 1.70. The van der Waals surface area contributed by atoms with Crippen LogP contribution in [0.3, 0.4) is 0 Å². The number of benzene rings is 2. The van der Waals surface area contributed by atoms with Gasteiger partial charge in [0.25, 0.3) is 0 Å². The minimum Gasteiger partial charge on any atom is -0.345 e. The lowest BCUT2D eigenvalue weighted by Gasteiger charge is -2.37. The van der Waals surface area contributed by atoms with Gasteiger partial charge in [-0.15, -0.1) is 0 Å². The molecule has 3 nitrogen and oxygen atoms in total. The van der Waals surface area contributed by atoms with Gasteiger partial charge in [0.2, 0.25) is 0 Å². The summed E-state index contributed by atoms with van der Waals surface area (Å²) < 4.78 is 2.16. The van der Waals surface area contributed by atoms with Crippen LogP contribution in [0, 0.1) is 12.8 Å². The summed E-state index contributed by atoms with van der Waals surface area (Å²) in [4.78, 5) is 13.0. The van der Waals surface area contributed by atoms with Crippen LogP contribution in [-0.2, 0) is 15.6 Å². The average molecular weight is 587 g/mol. The monoisotopic (exact) mass is 586 g/mol. The van der Waals surface area contributed by atoms with Gasteiger partial charge in [-0.1, -0.05) is 110 Å². The SMILES string of the molecule is C=C(/C=C\C=O)N(C)c1c(C)cc(C(C)(C)c2cccc(C(C)(C)C3C=C(C)C(n4c(=C)ccc4=C)=CC3)c2)cc1C(C)C. The van der Waals surface area contributed by atoms with Crippen molar-refractivity contribution in [2.24, 2.45) is 5.92 Å². The number of aldehydes is 1. The zero-order valence-electron chi connectivity index (χ0n) is 28.3. The molecule has 230 valence electrons. The van der Waals surface area contributed by atoms with Crippen LogP contribution in [0.4, 0.5) is 5.69 Å². The van der Waals surface area contributed by atoms with Crippen LogP contribution in [0.2, 0.25) is 0 Å². The maximum Gasteiger partial charge on any atom is 0.142 e. The predicted octanol–water partition coefficient (Wildman–Crippen LogP) is 8.56. The molecule has 0 amide bonds. The molecule has 0 spiro atoms. The Kier molecular flexibility index (Phi) is 9.30. The molecule has 2 aromatic carbocycles. The fraction of sp³-hybridized carbons (Fsp3) is 0.341. The van der Waals surface area contributed by atoms with Crippen molar-refractivity contribution in [1.82, 2.24) is 4.57 Å². The number of hydrogen-bond donors (Lipinski definition) is 0. The van der Waals surface area contributed by atoms with E-state index in [0.29, 0.717) is 11.8 Å². The van der Waals surface area contributed by atoms with E-state index in [4.69, 9.17) is 0 Å². The maximum absolute atomic E-state index is 10.9. The van der Waals surface area contributed by atoms with E-state index < -0.39 is 0 Å². The summed E-state index contributed by atoms with van der Waals surface area (Å²) in [5, 5.41) is 1.94. The smallest absolute Gasteiger partial charge is 0.142 e. The van der Waals surface area contributed by atoms with Crippen LogP contribution in [0.25, 0.3) is 18.9 Å². The molecule has 1 aromatic heterocycles. The minimum absolute atomic E-state index is 0.0619. The molecule has 0 bridgehead atoms. The second-order valence-corrected chi connectivity index (χ2v) is 13.8. The molecule has 44 heavy (non-hydrogen) atoms. The minimum atomic E-state index is -0.207. The van der Waals surface area contributed by atoms with Crippen molar-refractivity contribution in [2.75, 3.05) is 11.9 Å². The van der Waals surface area contributed by atoms with Gasteiger partial charge in [-0.2, -0.15) is 0 Å². The van der Waals surface area contributed by atoms with Crippen molar-refractivity contribution < 1.29 is 4.79 Å². The molecule has 0 aliphatic heterocycles. The van der Waals surface area contributed by atoms with E-state index in [1.165, 1.54) is 45.2 Å². The normalized spacial score (nSPS) is 15.8. The first-order chi connectivity index (χ1) is 20.6. The van der Waals surface area contributed by atoms with Crippen molar-refractivity contribution in [3.63, 3.8) is 0 Å². The fourth-order valence-electron chi connectivity index (χ4n) is 6.62. The Hall–Kier alpha value is -4.11. The van der Waals surface area contributed by atoms with E-state index in [-0.39, 0.29) is 10.8 Å². The second kappa shape index (κ2) is 12.5. The standard InChI is InChI=1S/C41H50N2O/c1-27(2)37-26-36(24-29(4)39(37)42(12)30(5)15-14-22-44)41(10,11)34-17-13-16-33(25-34)40(8,9)35-20-21-38(28(3)23-35)43-31(6)18-19-32(43)7/h13-19,21-27,35H,5-7,20H2,1-4,8-12H3/b15-14-. The van der Waals surface area contributed by atoms with Gasteiger partial charge in [-0.3, -0.25) is 4.79 Å². The molecule has 0 N–H and O–H groups in total. The van der Waals surface area contributed by atoms with Crippen molar-refractivity contribution >= 4 is 30.8 Å². The highest BCUT2D eigenvalue weighted by molar-refractivity contribution is 5.70.